The third-order valence-corrected chi connectivity index (χ3v) is 2.86. The Bertz CT molecular complexity index is 554. The van der Waals surface area contributed by atoms with Crippen LogP contribution >= 0.6 is 22.6 Å². The molecule has 6 heteroatoms. The molecule has 1 amide bonds. The summed E-state index contributed by atoms with van der Waals surface area (Å²) in [4.78, 5) is 11.2. The number of hydrazine groups is 1. The number of carbonyl (C=O) groups is 1. The SMILES string of the molecule is NNC(=O)c1ccc(COc2cccc(I)c2)o1. The minimum absolute atomic E-state index is 0.166. The van der Waals surface area contributed by atoms with E-state index in [0.29, 0.717) is 5.76 Å². The summed E-state index contributed by atoms with van der Waals surface area (Å²) >= 11 is 2.21. The molecule has 5 nitrogen and oxygen atoms in total. The second-order valence-electron chi connectivity index (χ2n) is 3.49. The van der Waals surface area contributed by atoms with Crippen LogP contribution < -0.4 is 16.0 Å². The van der Waals surface area contributed by atoms with Crippen LogP contribution in [0.4, 0.5) is 0 Å². The Labute approximate surface area is 117 Å². The Kier molecular flexibility index (Phi) is 4.21. The van der Waals surface area contributed by atoms with Crippen molar-refractivity contribution in [2.24, 2.45) is 5.84 Å². The molecule has 1 heterocycles. The highest BCUT2D eigenvalue weighted by Gasteiger charge is 2.09. The van der Waals surface area contributed by atoms with E-state index in [1.54, 1.807) is 12.1 Å². The number of hydrogen-bond donors (Lipinski definition) is 2. The van der Waals surface area contributed by atoms with Crippen LogP contribution in [0.5, 0.6) is 5.75 Å². The van der Waals surface area contributed by atoms with Gasteiger partial charge in [0.25, 0.3) is 0 Å². The Morgan fingerprint density at radius 2 is 2.22 bits per heavy atom. The number of halogens is 1. The maximum Gasteiger partial charge on any atom is 0.300 e. The van der Waals surface area contributed by atoms with E-state index in [-0.39, 0.29) is 12.4 Å². The number of nitrogen functional groups attached to an aromatic ring is 1. The summed E-state index contributed by atoms with van der Waals surface area (Å²) in [6.07, 6.45) is 0. The van der Waals surface area contributed by atoms with Gasteiger partial charge in [0.15, 0.2) is 5.76 Å². The lowest BCUT2D eigenvalue weighted by Gasteiger charge is -2.04. The van der Waals surface area contributed by atoms with Gasteiger partial charge < -0.3 is 9.15 Å². The van der Waals surface area contributed by atoms with E-state index >= 15 is 0 Å². The zero-order valence-electron chi connectivity index (χ0n) is 9.35. The summed E-state index contributed by atoms with van der Waals surface area (Å²) in [5.74, 6) is 6.02. The van der Waals surface area contributed by atoms with Gasteiger partial charge in [-0.25, -0.2) is 5.84 Å². The highest BCUT2D eigenvalue weighted by Crippen LogP contribution is 2.17. The summed E-state index contributed by atoms with van der Waals surface area (Å²) in [6, 6.07) is 10.9. The normalized spacial score (nSPS) is 10.1. The molecule has 0 radical (unpaired) electrons. The molecule has 0 spiro atoms. The first-order chi connectivity index (χ1) is 8.69. The summed E-state index contributed by atoms with van der Waals surface area (Å²) in [5.41, 5.74) is 2.00. The fourth-order valence-electron chi connectivity index (χ4n) is 1.36. The van der Waals surface area contributed by atoms with E-state index in [1.807, 2.05) is 29.7 Å². The number of ether oxygens (including phenoxy) is 1. The summed E-state index contributed by atoms with van der Waals surface area (Å²) in [7, 11) is 0. The standard InChI is InChI=1S/C12H11IN2O3/c13-8-2-1-3-9(6-8)17-7-10-4-5-11(18-10)12(16)15-14/h1-6H,7,14H2,(H,15,16). The van der Waals surface area contributed by atoms with E-state index in [9.17, 15) is 4.79 Å². The molecule has 0 aliphatic rings. The van der Waals surface area contributed by atoms with Crippen molar-refractivity contribution in [1.82, 2.24) is 5.43 Å². The van der Waals surface area contributed by atoms with Crippen LogP contribution in [0.1, 0.15) is 16.3 Å². The molecule has 1 aromatic heterocycles. The number of hydrogen-bond acceptors (Lipinski definition) is 4. The van der Waals surface area contributed by atoms with Gasteiger partial charge in [0, 0.05) is 3.57 Å². The van der Waals surface area contributed by atoms with E-state index in [1.165, 1.54) is 0 Å². The number of nitrogens with one attached hydrogen (secondary N) is 1. The summed E-state index contributed by atoms with van der Waals surface area (Å²) in [5, 5.41) is 0. The summed E-state index contributed by atoms with van der Waals surface area (Å²) < 4.78 is 11.9. The highest BCUT2D eigenvalue weighted by atomic mass is 127. The number of carbonyl (C=O) groups excluding carboxylic acids is 1. The number of furan rings is 1. The Morgan fingerprint density at radius 3 is 2.94 bits per heavy atom. The quantitative estimate of drug-likeness (QED) is 0.380. The monoisotopic (exact) mass is 358 g/mol. The Hall–Kier alpha value is -1.54. The molecule has 0 saturated heterocycles. The van der Waals surface area contributed by atoms with Gasteiger partial charge in [0.1, 0.15) is 18.1 Å². The van der Waals surface area contributed by atoms with E-state index < -0.39 is 5.91 Å². The molecule has 0 saturated carbocycles. The van der Waals surface area contributed by atoms with Gasteiger partial charge in [-0.05, 0) is 52.9 Å². The lowest BCUT2D eigenvalue weighted by Crippen LogP contribution is -2.29. The van der Waals surface area contributed by atoms with Gasteiger partial charge in [-0.1, -0.05) is 6.07 Å². The van der Waals surface area contributed by atoms with Gasteiger partial charge in [0.05, 0.1) is 0 Å². The molecule has 2 aromatic rings. The first-order valence-corrected chi connectivity index (χ1v) is 6.25. The molecule has 0 aliphatic heterocycles. The van der Waals surface area contributed by atoms with Crippen LogP contribution in [0.2, 0.25) is 0 Å². The molecule has 0 atom stereocenters. The van der Waals surface area contributed by atoms with Crippen LogP contribution in [0.15, 0.2) is 40.8 Å². The minimum atomic E-state index is -0.462. The van der Waals surface area contributed by atoms with Gasteiger partial charge in [0.2, 0.25) is 0 Å². The van der Waals surface area contributed by atoms with Gasteiger partial charge in [-0.3, -0.25) is 10.2 Å². The zero-order valence-corrected chi connectivity index (χ0v) is 11.5. The zero-order chi connectivity index (χ0) is 13.0. The molecule has 0 unspecified atom stereocenters. The highest BCUT2D eigenvalue weighted by molar-refractivity contribution is 14.1. The number of amides is 1. The van der Waals surface area contributed by atoms with Crippen LogP contribution in [-0.4, -0.2) is 5.91 Å². The van der Waals surface area contributed by atoms with E-state index in [0.717, 1.165) is 9.32 Å². The first kappa shape index (κ1) is 12.9. The predicted molar refractivity (Wildman–Crippen MR) is 73.9 cm³/mol. The van der Waals surface area contributed by atoms with Gasteiger partial charge in [-0.2, -0.15) is 0 Å². The molecule has 0 aliphatic carbocycles. The molecule has 94 valence electrons. The topological polar surface area (TPSA) is 77.5 Å². The van der Waals surface area contributed by atoms with Crippen molar-refractivity contribution in [3.63, 3.8) is 0 Å². The van der Waals surface area contributed by atoms with Crippen molar-refractivity contribution >= 4 is 28.5 Å². The smallest absolute Gasteiger partial charge is 0.300 e. The van der Waals surface area contributed by atoms with Crippen molar-refractivity contribution in [2.75, 3.05) is 0 Å². The van der Waals surface area contributed by atoms with Crippen molar-refractivity contribution in [1.29, 1.82) is 0 Å². The minimum Gasteiger partial charge on any atom is -0.486 e. The lowest BCUT2D eigenvalue weighted by molar-refractivity contribution is 0.0922. The largest absolute Gasteiger partial charge is 0.486 e. The number of benzene rings is 1. The molecular weight excluding hydrogens is 347 g/mol. The number of nitrogens with two attached hydrogens (primary N) is 1. The molecule has 18 heavy (non-hydrogen) atoms. The maximum atomic E-state index is 11.2. The lowest BCUT2D eigenvalue weighted by atomic mass is 10.3. The van der Waals surface area contributed by atoms with E-state index in [2.05, 4.69) is 22.6 Å². The molecule has 3 N–H and O–H groups in total. The fraction of sp³-hybridized carbons (Fsp3) is 0.0833. The third kappa shape index (κ3) is 3.23. The first-order valence-electron chi connectivity index (χ1n) is 5.17. The second kappa shape index (κ2) is 5.87. The van der Waals surface area contributed by atoms with Crippen molar-refractivity contribution in [3.8, 4) is 5.75 Å². The van der Waals surface area contributed by atoms with E-state index in [4.69, 9.17) is 15.0 Å². The second-order valence-corrected chi connectivity index (χ2v) is 4.73. The maximum absolute atomic E-state index is 11.2. The van der Waals surface area contributed by atoms with Crippen LogP contribution in [0, 0.1) is 3.57 Å². The average molecular weight is 358 g/mol. The predicted octanol–water partition coefficient (Wildman–Crippen LogP) is 2.07. The van der Waals surface area contributed by atoms with Gasteiger partial charge >= 0.3 is 5.91 Å². The number of rotatable bonds is 4. The summed E-state index contributed by atoms with van der Waals surface area (Å²) in [6.45, 7) is 0.262. The average Bonchev–Trinajstić information content (AvgIpc) is 2.84. The van der Waals surface area contributed by atoms with Crippen molar-refractivity contribution in [3.05, 3.63) is 51.5 Å². The molecule has 0 bridgehead atoms. The molecular formula is C12H11IN2O3. The third-order valence-electron chi connectivity index (χ3n) is 2.19. The van der Waals surface area contributed by atoms with Crippen LogP contribution in [0.25, 0.3) is 0 Å². The Balaban J connectivity index is 1.98. The van der Waals surface area contributed by atoms with Crippen molar-refractivity contribution < 1.29 is 13.9 Å². The van der Waals surface area contributed by atoms with Crippen LogP contribution in [-0.2, 0) is 6.61 Å². The Morgan fingerprint density at radius 1 is 1.39 bits per heavy atom. The molecule has 1 aromatic carbocycles. The van der Waals surface area contributed by atoms with Crippen LogP contribution in [0.3, 0.4) is 0 Å². The van der Waals surface area contributed by atoms with Crippen molar-refractivity contribution in [2.45, 2.75) is 6.61 Å². The molecule has 0 fully saturated rings. The fourth-order valence-corrected chi connectivity index (χ4v) is 1.87. The molecule has 2 rings (SSSR count). The van der Waals surface area contributed by atoms with Gasteiger partial charge in [-0.15, -0.1) is 0 Å².